The Kier molecular flexibility index (Phi) is 4.49. The number of halogens is 3. The number of alkyl halides is 3. The zero-order valence-electron chi connectivity index (χ0n) is 11.8. The third-order valence-electron chi connectivity index (χ3n) is 2.51. The molecule has 2 amide bonds. The predicted molar refractivity (Wildman–Crippen MR) is 70.0 cm³/mol. The number of aromatic nitrogens is 5. The standard InChI is InChI=1S/C11H11F3N8O/c1-6-17-8(20-19-6)3-16-10(23)18-9-7(2-15)4-22(21-9)5-11(12,13)14/h4H,3,5H2,1H3,(H,17,19,20)(H2,16,18,21,23). The molecule has 0 aliphatic carbocycles. The number of amides is 2. The second-order valence-electron chi connectivity index (χ2n) is 4.46. The molecule has 0 spiro atoms. The highest BCUT2D eigenvalue weighted by Crippen LogP contribution is 2.19. The fourth-order valence-corrected chi connectivity index (χ4v) is 1.64. The molecule has 0 radical (unpaired) electrons. The zero-order valence-corrected chi connectivity index (χ0v) is 11.8. The van der Waals surface area contributed by atoms with Crippen molar-refractivity contribution in [3.05, 3.63) is 23.4 Å². The van der Waals surface area contributed by atoms with Gasteiger partial charge in [0.1, 0.15) is 24.0 Å². The van der Waals surface area contributed by atoms with Crippen molar-refractivity contribution in [2.24, 2.45) is 0 Å². The van der Waals surface area contributed by atoms with Crippen molar-refractivity contribution in [3.63, 3.8) is 0 Å². The normalized spacial score (nSPS) is 11.1. The van der Waals surface area contributed by atoms with E-state index in [9.17, 15) is 18.0 Å². The van der Waals surface area contributed by atoms with Gasteiger partial charge in [-0.15, -0.1) is 0 Å². The molecule has 23 heavy (non-hydrogen) atoms. The summed E-state index contributed by atoms with van der Waals surface area (Å²) in [5.74, 6) is 0.640. The minimum Gasteiger partial charge on any atom is -0.330 e. The van der Waals surface area contributed by atoms with Gasteiger partial charge in [0.25, 0.3) is 0 Å². The molecular weight excluding hydrogens is 317 g/mol. The molecule has 0 aromatic carbocycles. The van der Waals surface area contributed by atoms with E-state index in [2.05, 4.69) is 30.9 Å². The van der Waals surface area contributed by atoms with Crippen LogP contribution >= 0.6 is 0 Å². The van der Waals surface area contributed by atoms with Crippen LogP contribution < -0.4 is 10.6 Å². The van der Waals surface area contributed by atoms with E-state index in [1.54, 1.807) is 13.0 Å². The predicted octanol–water partition coefficient (Wildman–Crippen LogP) is 1.07. The molecule has 122 valence electrons. The Labute approximate surface area is 127 Å². The van der Waals surface area contributed by atoms with Crippen LogP contribution in [0.25, 0.3) is 0 Å². The summed E-state index contributed by atoms with van der Waals surface area (Å²) in [6.07, 6.45) is -3.58. The monoisotopic (exact) mass is 328 g/mol. The van der Waals surface area contributed by atoms with Crippen LogP contribution in [0.2, 0.25) is 0 Å². The van der Waals surface area contributed by atoms with Gasteiger partial charge in [-0.2, -0.15) is 28.6 Å². The molecule has 3 N–H and O–H groups in total. The van der Waals surface area contributed by atoms with E-state index in [-0.39, 0.29) is 17.9 Å². The van der Waals surface area contributed by atoms with E-state index < -0.39 is 18.8 Å². The average Bonchev–Trinajstić information content (AvgIpc) is 3.01. The summed E-state index contributed by atoms with van der Waals surface area (Å²) in [6, 6.07) is 0.912. The van der Waals surface area contributed by atoms with Gasteiger partial charge in [0.05, 0.1) is 6.54 Å². The SMILES string of the molecule is Cc1nc(CNC(=O)Nc2nn(CC(F)(F)F)cc2C#N)n[nH]1. The molecule has 0 aliphatic rings. The number of hydrogen-bond donors (Lipinski definition) is 3. The van der Waals surface area contributed by atoms with Gasteiger partial charge in [0.2, 0.25) is 0 Å². The lowest BCUT2D eigenvalue weighted by molar-refractivity contribution is -0.142. The lowest BCUT2D eigenvalue weighted by atomic mass is 10.3. The van der Waals surface area contributed by atoms with Gasteiger partial charge in [-0.05, 0) is 6.92 Å². The number of carbonyl (C=O) groups is 1. The molecule has 9 nitrogen and oxygen atoms in total. The minimum atomic E-state index is -4.48. The lowest BCUT2D eigenvalue weighted by Crippen LogP contribution is -2.29. The van der Waals surface area contributed by atoms with Crippen LogP contribution in [0, 0.1) is 18.3 Å². The molecule has 0 fully saturated rings. The van der Waals surface area contributed by atoms with Crippen LogP contribution in [-0.4, -0.2) is 37.2 Å². The number of rotatable bonds is 4. The Morgan fingerprint density at radius 1 is 1.52 bits per heavy atom. The molecule has 0 saturated heterocycles. The Bertz CT molecular complexity index is 741. The quantitative estimate of drug-likeness (QED) is 0.774. The largest absolute Gasteiger partial charge is 0.408 e. The maximum atomic E-state index is 12.3. The van der Waals surface area contributed by atoms with E-state index in [1.165, 1.54) is 0 Å². The van der Waals surface area contributed by atoms with Crippen molar-refractivity contribution in [2.75, 3.05) is 5.32 Å². The van der Waals surface area contributed by atoms with Crippen LogP contribution in [0.4, 0.5) is 23.8 Å². The maximum Gasteiger partial charge on any atom is 0.408 e. The number of aryl methyl sites for hydroxylation is 1. The summed E-state index contributed by atoms with van der Waals surface area (Å²) in [6.45, 7) is 0.325. The fraction of sp³-hybridized carbons (Fsp3) is 0.364. The van der Waals surface area contributed by atoms with Crippen molar-refractivity contribution in [3.8, 4) is 6.07 Å². The molecule has 0 saturated carbocycles. The summed E-state index contributed by atoms with van der Waals surface area (Å²) in [7, 11) is 0. The lowest BCUT2D eigenvalue weighted by Gasteiger charge is -2.06. The molecule has 2 aromatic heterocycles. The Morgan fingerprint density at radius 3 is 2.83 bits per heavy atom. The molecule has 0 atom stereocenters. The van der Waals surface area contributed by atoms with E-state index in [1.807, 2.05) is 0 Å². The number of H-pyrrole nitrogens is 1. The average molecular weight is 328 g/mol. The maximum absolute atomic E-state index is 12.3. The first-order valence-corrected chi connectivity index (χ1v) is 6.24. The Hall–Kier alpha value is -3.10. The van der Waals surface area contributed by atoms with Crippen LogP contribution in [0.3, 0.4) is 0 Å². The smallest absolute Gasteiger partial charge is 0.330 e. The second kappa shape index (κ2) is 6.34. The number of nitriles is 1. The fourth-order valence-electron chi connectivity index (χ4n) is 1.64. The summed E-state index contributed by atoms with van der Waals surface area (Å²) in [5, 5.41) is 23.4. The first-order chi connectivity index (χ1) is 10.8. The molecule has 0 bridgehead atoms. The van der Waals surface area contributed by atoms with Crippen LogP contribution in [-0.2, 0) is 13.1 Å². The molecule has 0 aliphatic heterocycles. The molecule has 0 unspecified atom stereocenters. The number of nitrogens with zero attached hydrogens (tertiary/aromatic N) is 5. The summed E-state index contributed by atoms with van der Waals surface area (Å²) in [5.41, 5.74) is -0.182. The number of nitrogens with one attached hydrogen (secondary N) is 3. The number of urea groups is 1. The topological polar surface area (TPSA) is 124 Å². The zero-order chi connectivity index (χ0) is 17.0. The minimum absolute atomic E-state index is 0.00131. The van der Waals surface area contributed by atoms with Crippen molar-refractivity contribution in [2.45, 2.75) is 26.2 Å². The summed E-state index contributed by atoms with van der Waals surface area (Å²) < 4.78 is 37.4. The summed E-state index contributed by atoms with van der Waals surface area (Å²) in [4.78, 5) is 15.6. The first-order valence-electron chi connectivity index (χ1n) is 6.24. The van der Waals surface area contributed by atoms with Crippen LogP contribution in [0.15, 0.2) is 6.20 Å². The van der Waals surface area contributed by atoms with Crippen molar-refractivity contribution < 1.29 is 18.0 Å². The van der Waals surface area contributed by atoms with Gasteiger partial charge < -0.3 is 5.32 Å². The highest BCUT2D eigenvalue weighted by Gasteiger charge is 2.29. The molecule has 2 rings (SSSR count). The highest BCUT2D eigenvalue weighted by molar-refractivity contribution is 5.89. The molecule has 2 aromatic rings. The van der Waals surface area contributed by atoms with Gasteiger partial charge in [-0.1, -0.05) is 0 Å². The van der Waals surface area contributed by atoms with Crippen molar-refractivity contribution in [1.82, 2.24) is 30.3 Å². The van der Waals surface area contributed by atoms with Gasteiger partial charge >= 0.3 is 12.2 Å². The van der Waals surface area contributed by atoms with Gasteiger partial charge in [-0.25, -0.2) is 9.78 Å². The molecule has 12 heteroatoms. The molecule has 2 heterocycles. The van der Waals surface area contributed by atoms with E-state index in [0.717, 1.165) is 6.20 Å². The van der Waals surface area contributed by atoms with Gasteiger partial charge in [0.15, 0.2) is 11.6 Å². The van der Waals surface area contributed by atoms with Gasteiger partial charge in [-0.3, -0.25) is 15.1 Å². The highest BCUT2D eigenvalue weighted by atomic mass is 19.4. The number of anilines is 1. The van der Waals surface area contributed by atoms with E-state index in [0.29, 0.717) is 16.3 Å². The first kappa shape index (κ1) is 16.3. The van der Waals surface area contributed by atoms with Crippen molar-refractivity contribution in [1.29, 1.82) is 5.26 Å². The number of aromatic amines is 1. The Morgan fingerprint density at radius 2 is 2.26 bits per heavy atom. The van der Waals surface area contributed by atoms with E-state index in [4.69, 9.17) is 5.26 Å². The Balaban J connectivity index is 1.98. The van der Waals surface area contributed by atoms with Gasteiger partial charge in [0, 0.05) is 6.20 Å². The number of hydrogen-bond acceptors (Lipinski definition) is 5. The van der Waals surface area contributed by atoms with Crippen LogP contribution in [0.1, 0.15) is 17.2 Å². The third-order valence-corrected chi connectivity index (χ3v) is 2.51. The third kappa shape index (κ3) is 4.70. The summed E-state index contributed by atoms with van der Waals surface area (Å²) >= 11 is 0. The van der Waals surface area contributed by atoms with E-state index >= 15 is 0 Å². The number of carbonyl (C=O) groups excluding carboxylic acids is 1. The van der Waals surface area contributed by atoms with Crippen molar-refractivity contribution >= 4 is 11.8 Å². The molecular formula is C11H11F3N8O. The van der Waals surface area contributed by atoms with Crippen LogP contribution in [0.5, 0.6) is 0 Å². The second-order valence-corrected chi connectivity index (χ2v) is 4.46.